The van der Waals surface area contributed by atoms with Gasteiger partial charge in [-0.3, -0.25) is 4.79 Å². The van der Waals surface area contributed by atoms with Crippen LogP contribution in [0.25, 0.3) is 0 Å². The lowest BCUT2D eigenvalue weighted by molar-refractivity contribution is -0.151. The molecule has 7 heteroatoms. The van der Waals surface area contributed by atoms with E-state index in [4.69, 9.17) is 4.74 Å². The molecular weight excluding hydrogens is 322 g/mol. The highest BCUT2D eigenvalue weighted by Crippen LogP contribution is 2.08. The number of esters is 1. The number of amides is 3. The second kappa shape index (κ2) is 9.05. The summed E-state index contributed by atoms with van der Waals surface area (Å²) in [5, 5.41) is 7.92. The number of anilines is 1. The maximum Gasteiger partial charge on any atom is 0.329 e. The maximum atomic E-state index is 12.2. The molecular formula is C18H27N3O4. The number of para-hydroxylation sites is 1. The van der Waals surface area contributed by atoms with Gasteiger partial charge in [0.05, 0.1) is 0 Å². The lowest BCUT2D eigenvalue weighted by atomic mass is 10.1. The van der Waals surface area contributed by atoms with Crippen LogP contribution in [0.5, 0.6) is 0 Å². The molecule has 0 saturated heterocycles. The largest absolute Gasteiger partial charge is 0.454 e. The Morgan fingerprint density at radius 2 is 1.68 bits per heavy atom. The first-order chi connectivity index (χ1) is 11.6. The van der Waals surface area contributed by atoms with Crippen molar-refractivity contribution in [2.24, 2.45) is 5.92 Å². The molecule has 0 unspecified atom stereocenters. The predicted molar refractivity (Wildman–Crippen MR) is 96.1 cm³/mol. The van der Waals surface area contributed by atoms with Crippen LogP contribution in [0.4, 0.5) is 10.5 Å². The van der Waals surface area contributed by atoms with E-state index in [-0.39, 0.29) is 12.5 Å². The summed E-state index contributed by atoms with van der Waals surface area (Å²) in [4.78, 5) is 36.0. The van der Waals surface area contributed by atoms with E-state index in [0.29, 0.717) is 5.69 Å². The van der Waals surface area contributed by atoms with Gasteiger partial charge >= 0.3 is 12.0 Å². The molecule has 3 N–H and O–H groups in total. The molecule has 138 valence electrons. The summed E-state index contributed by atoms with van der Waals surface area (Å²) >= 11 is 0. The van der Waals surface area contributed by atoms with Gasteiger partial charge in [-0.15, -0.1) is 0 Å². The van der Waals surface area contributed by atoms with Crippen LogP contribution in [0.15, 0.2) is 30.3 Å². The summed E-state index contributed by atoms with van der Waals surface area (Å²) < 4.78 is 5.03. The van der Waals surface area contributed by atoms with Gasteiger partial charge < -0.3 is 20.7 Å². The maximum absolute atomic E-state index is 12.2. The average Bonchev–Trinajstić information content (AvgIpc) is 2.49. The average molecular weight is 349 g/mol. The summed E-state index contributed by atoms with van der Waals surface area (Å²) in [5.41, 5.74) is 0.204. The normalized spacial score (nSPS) is 12.2. The molecule has 1 aromatic carbocycles. The van der Waals surface area contributed by atoms with Crippen LogP contribution in [0.3, 0.4) is 0 Å². The zero-order valence-electron chi connectivity index (χ0n) is 15.4. The fraction of sp³-hybridized carbons (Fsp3) is 0.500. The molecule has 1 atom stereocenters. The van der Waals surface area contributed by atoms with Crippen LogP contribution < -0.4 is 16.0 Å². The SMILES string of the molecule is CC(C)[C@H](NC(=O)Nc1ccccc1)C(=O)OCC(=O)NC(C)(C)C. The Hall–Kier alpha value is -2.57. The Kier molecular flexibility index (Phi) is 7.42. The van der Waals surface area contributed by atoms with Crippen LogP contribution in [0.1, 0.15) is 34.6 Å². The minimum absolute atomic E-state index is 0.195. The molecule has 0 aromatic heterocycles. The second-order valence-corrected chi connectivity index (χ2v) is 7.09. The van der Waals surface area contributed by atoms with E-state index in [1.54, 1.807) is 38.1 Å². The Morgan fingerprint density at radius 1 is 1.08 bits per heavy atom. The standard InChI is InChI=1S/C18H27N3O4/c1-12(2)15(16(23)25-11-14(22)21-18(3,4)5)20-17(24)19-13-9-7-6-8-10-13/h6-10,12,15H,11H2,1-5H3,(H,21,22)(H2,19,20,24)/t15-/m0/s1. The van der Waals surface area contributed by atoms with Gasteiger partial charge in [-0.25, -0.2) is 9.59 Å². The molecule has 1 rings (SSSR count). The Labute approximate surface area is 148 Å². The predicted octanol–water partition coefficient (Wildman–Crippen LogP) is 2.29. The van der Waals surface area contributed by atoms with Crippen LogP contribution in [-0.2, 0) is 14.3 Å². The molecule has 0 aliphatic carbocycles. The molecule has 1 aromatic rings. The minimum Gasteiger partial charge on any atom is -0.454 e. The van der Waals surface area contributed by atoms with E-state index in [2.05, 4.69) is 16.0 Å². The van der Waals surface area contributed by atoms with Gasteiger partial charge in [0, 0.05) is 11.2 Å². The van der Waals surface area contributed by atoms with Crippen LogP contribution >= 0.6 is 0 Å². The Bertz CT molecular complexity index is 594. The highest BCUT2D eigenvalue weighted by atomic mass is 16.5. The number of hydrogen-bond donors (Lipinski definition) is 3. The summed E-state index contributed by atoms with van der Waals surface area (Å²) in [5.74, 6) is -1.24. The van der Waals surface area contributed by atoms with Crippen molar-refractivity contribution in [1.82, 2.24) is 10.6 Å². The molecule has 0 aliphatic heterocycles. The molecule has 0 bridgehead atoms. The number of hydrogen-bond acceptors (Lipinski definition) is 4. The fourth-order valence-electron chi connectivity index (χ4n) is 2.01. The second-order valence-electron chi connectivity index (χ2n) is 7.09. The van der Waals surface area contributed by atoms with Gasteiger partial charge in [-0.2, -0.15) is 0 Å². The molecule has 0 radical (unpaired) electrons. The van der Waals surface area contributed by atoms with Crippen molar-refractivity contribution in [1.29, 1.82) is 0 Å². The lowest BCUT2D eigenvalue weighted by Gasteiger charge is -2.23. The van der Waals surface area contributed by atoms with Gasteiger partial charge in [0.15, 0.2) is 6.61 Å². The van der Waals surface area contributed by atoms with E-state index in [1.165, 1.54) is 0 Å². The zero-order chi connectivity index (χ0) is 19.0. The number of rotatable bonds is 6. The molecule has 0 fully saturated rings. The molecule has 0 aliphatic rings. The summed E-state index contributed by atoms with van der Waals surface area (Å²) in [6.07, 6.45) is 0. The first kappa shape index (κ1) is 20.5. The van der Waals surface area contributed by atoms with E-state index in [9.17, 15) is 14.4 Å². The molecule has 0 spiro atoms. The van der Waals surface area contributed by atoms with Crippen molar-refractivity contribution >= 4 is 23.6 Å². The van der Waals surface area contributed by atoms with E-state index < -0.39 is 29.5 Å². The number of carbonyl (C=O) groups is 3. The van der Waals surface area contributed by atoms with E-state index >= 15 is 0 Å². The zero-order valence-corrected chi connectivity index (χ0v) is 15.4. The summed E-state index contributed by atoms with van der Waals surface area (Å²) in [7, 11) is 0. The topological polar surface area (TPSA) is 96.5 Å². The highest BCUT2D eigenvalue weighted by Gasteiger charge is 2.26. The first-order valence-corrected chi connectivity index (χ1v) is 8.18. The molecule has 0 heterocycles. The number of nitrogens with one attached hydrogen (secondary N) is 3. The monoisotopic (exact) mass is 349 g/mol. The van der Waals surface area contributed by atoms with Crippen molar-refractivity contribution in [3.63, 3.8) is 0 Å². The Balaban J connectivity index is 2.56. The van der Waals surface area contributed by atoms with Crippen molar-refractivity contribution in [2.45, 2.75) is 46.2 Å². The van der Waals surface area contributed by atoms with Crippen molar-refractivity contribution in [2.75, 3.05) is 11.9 Å². The summed E-state index contributed by atoms with van der Waals surface area (Å²) in [6.45, 7) is 8.67. The van der Waals surface area contributed by atoms with Crippen LogP contribution in [0.2, 0.25) is 0 Å². The van der Waals surface area contributed by atoms with Gasteiger partial charge in [0.2, 0.25) is 0 Å². The number of urea groups is 1. The quantitative estimate of drug-likeness (QED) is 0.687. The van der Waals surface area contributed by atoms with Gasteiger partial charge in [0.1, 0.15) is 6.04 Å². The molecule has 3 amide bonds. The number of carbonyl (C=O) groups excluding carboxylic acids is 3. The van der Waals surface area contributed by atoms with Crippen LogP contribution in [-0.4, -0.2) is 36.1 Å². The summed E-state index contributed by atoms with van der Waals surface area (Å²) in [6, 6.07) is 7.51. The highest BCUT2D eigenvalue weighted by molar-refractivity contribution is 5.93. The van der Waals surface area contributed by atoms with Crippen LogP contribution in [0, 0.1) is 5.92 Å². The minimum atomic E-state index is -0.855. The third-order valence-electron chi connectivity index (χ3n) is 3.10. The smallest absolute Gasteiger partial charge is 0.329 e. The van der Waals surface area contributed by atoms with Crippen molar-refractivity contribution < 1.29 is 19.1 Å². The first-order valence-electron chi connectivity index (χ1n) is 8.18. The van der Waals surface area contributed by atoms with Gasteiger partial charge in [0.25, 0.3) is 5.91 Å². The fourth-order valence-corrected chi connectivity index (χ4v) is 2.01. The third kappa shape index (κ3) is 8.19. The number of ether oxygens (including phenoxy) is 1. The molecule has 25 heavy (non-hydrogen) atoms. The Morgan fingerprint density at radius 3 is 2.20 bits per heavy atom. The van der Waals surface area contributed by atoms with Gasteiger partial charge in [-0.1, -0.05) is 32.0 Å². The van der Waals surface area contributed by atoms with E-state index in [1.807, 2.05) is 26.8 Å². The van der Waals surface area contributed by atoms with Crippen molar-refractivity contribution in [3.8, 4) is 0 Å². The molecule has 7 nitrogen and oxygen atoms in total. The van der Waals surface area contributed by atoms with Crippen molar-refractivity contribution in [3.05, 3.63) is 30.3 Å². The number of benzene rings is 1. The van der Waals surface area contributed by atoms with Gasteiger partial charge in [-0.05, 0) is 38.8 Å². The lowest BCUT2D eigenvalue weighted by Crippen LogP contribution is -2.48. The van der Waals surface area contributed by atoms with E-state index in [0.717, 1.165) is 0 Å². The third-order valence-corrected chi connectivity index (χ3v) is 3.10. The molecule has 0 saturated carbocycles.